The van der Waals surface area contributed by atoms with Gasteiger partial charge in [-0.25, -0.2) is 4.68 Å². The predicted molar refractivity (Wildman–Crippen MR) is 126 cm³/mol. The molecule has 0 aliphatic rings. The molecule has 0 fully saturated rings. The normalized spacial score (nSPS) is 11.1. The summed E-state index contributed by atoms with van der Waals surface area (Å²) in [7, 11) is 0. The van der Waals surface area contributed by atoms with Gasteiger partial charge in [0.2, 0.25) is 0 Å². The topological polar surface area (TPSA) is 85.8 Å². The highest BCUT2D eigenvalue weighted by Gasteiger charge is 2.19. The zero-order valence-corrected chi connectivity index (χ0v) is 18.9. The number of benzene rings is 3. The molecule has 3 aromatic carbocycles. The van der Waals surface area contributed by atoms with Gasteiger partial charge in [-0.05, 0) is 74.0 Å². The lowest BCUT2D eigenvalue weighted by Crippen LogP contribution is -2.14. The van der Waals surface area contributed by atoms with Gasteiger partial charge in [-0.3, -0.25) is 4.79 Å². The first kappa shape index (κ1) is 20.1. The molecule has 2 aromatic heterocycles. The first-order chi connectivity index (χ1) is 15.5. The number of anilines is 1. The summed E-state index contributed by atoms with van der Waals surface area (Å²) in [6.07, 6.45) is 0. The molecule has 0 radical (unpaired) electrons. The molecule has 2 heterocycles. The Morgan fingerprint density at radius 3 is 2.62 bits per heavy atom. The Balaban J connectivity index is 1.49. The Kier molecular flexibility index (Phi) is 5.07. The average molecular weight is 488 g/mol. The number of amides is 1. The summed E-state index contributed by atoms with van der Waals surface area (Å²) in [6, 6.07) is 21.1. The van der Waals surface area contributed by atoms with Gasteiger partial charge < -0.3 is 9.84 Å². The van der Waals surface area contributed by atoms with Crippen molar-refractivity contribution in [3.63, 3.8) is 0 Å². The van der Waals surface area contributed by atoms with E-state index < -0.39 is 0 Å². The number of aryl methyl sites for hydroxylation is 1. The van der Waals surface area contributed by atoms with Crippen LogP contribution in [0.5, 0.6) is 0 Å². The maximum atomic E-state index is 12.8. The Hall–Kier alpha value is -3.78. The second-order valence-corrected chi connectivity index (χ2v) is 8.39. The summed E-state index contributed by atoms with van der Waals surface area (Å²) in [5.41, 5.74) is 5.10. The van der Waals surface area contributed by atoms with Crippen LogP contribution in [-0.4, -0.2) is 26.1 Å². The van der Waals surface area contributed by atoms with Crippen molar-refractivity contribution in [3.8, 4) is 17.0 Å². The summed E-state index contributed by atoms with van der Waals surface area (Å²) in [6.45, 7) is 3.79. The van der Waals surface area contributed by atoms with Gasteiger partial charge in [-0.2, -0.15) is 0 Å². The number of aromatic nitrogens is 4. The molecule has 5 aromatic rings. The molecular weight excluding hydrogens is 470 g/mol. The van der Waals surface area contributed by atoms with Crippen LogP contribution in [0.25, 0.3) is 27.9 Å². The molecule has 158 valence electrons. The van der Waals surface area contributed by atoms with E-state index >= 15 is 0 Å². The highest BCUT2D eigenvalue weighted by molar-refractivity contribution is 9.10. The van der Waals surface area contributed by atoms with Crippen molar-refractivity contribution in [2.24, 2.45) is 0 Å². The standard InChI is InChI=1S/C24H18BrN5O2/c1-14-4-3-5-18(12-14)26-24(31)22-15(2)30(29-27-22)19-10-11-21-20(13-19)23(32-28-21)16-6-8-17(25)9-7-16/h3-13H,1-2H3,(H,26,31). The minimum Gasteiger partial charge on any atom is -0.355 e. The average Bonchev–Trinajstić information content (AvgIpc) is 3.37. The molecule has 0 unspecified atom stereocenters. The van der Waals surface area contributed by atoms with E-state index in [1.54, 1.807) is 4.68 Å². The number of hydrogen-bond donors (Lipinski definition) is 1. The monoisotopic (exact) mass is 487 g/mol. The fourth-order valence-electron chi connectivity index (χ4n) is 3.57. The Morgan fingerprint density at radius 2 is 1.84 bits per heavy atom. The van der Waals surface area contributed by atoms with Crippen LogP contribution in [0.1, 0.15) is 21.7 Å². The molecule has 5 rings (SSSR count). The van der Waals surface area contributed by atoms with E-state index in [-0.39, 0.29) is 11.6 Å². The largest absolute Gasteiger partial charge is 0.355 e. The van der Waals surface area contributed by atoms with Crippen LogP contribution in [-0.2, 0) is 0 Å². The second kappa shape index (κ2) is 8.05. The van der Waals surface area contributed by atoms with Crippen molar-refractivity contribution in [2.75, 3.05) is 5.32 Å². The SMILES string of the molecule is Cc1cccc(NC(=O)c2nnn(-c3ccc4noc(-c5ccc(Br)cc5)c4c3)c2C)c1. The van der Waals surface area contributed by atoms with Gasteiger partial charge in [0.25, 0.3) is 5.91 Å². The minimum absolute atomic E-state index is 0.269. The molecule has 1 N–H and O–H groups in total. The molecule has 0 aliphatic carbocycles. The zero-order chi connectivity index (χ0) is 22.2. The number of halogens is 1. The maximum Gasteiger partial charge on any atom is 0.278 e. The minimum atomic E-state index is -0.305. The number of nitrogens with zero attached hydrogens (tertiary/aromatic N) is 4. The number of nitrogens with one attached hydrogen (secondary N) is 1. The molecule has 0 atom stereocenters. The van der Waals surface area contributed by atoms with E-state index in [9.17, 15) is 4.79 Å². The van der Waals surface area contributed by atoms with Crippen molar-refractivity contribution < 1.29 is 9.32 Å². The van der Waals surface area contributed by atoms with Gasteiger partial charge in [-0.1, -0.05) is 38.4 Å². The molecule has 1 amide bonds. The molecule has 32 heavy (non-hydrogen) atoms. The molecule has 7 nitrogen and oxygen atoms in total. The number of fused-ring (bicyclic) bond motifs is 1. The zero-order valence-electron chi connectivity index (χ0n) is 17.3. The van der Waals surface area contributed by atoms with Gasteiger partial charge in [0.1, 0.15) is 5.52 Å². The number of carbonyl (C=O) groups excluding carboxylic acids is 1. The van der Waals surface area contributed by atoms with E-state index in [2.05, 4.69) is 36.7 Å². The lowest BCUT2D eigenvalue weighted by molar-refractivity contribution is 0.102. The lowest BCUT2D eigenvalue weighted by atomic mass is 10.1. The first-order valence-corrected chi connectivity index (χ1v) is 10.7. The van der Waals surface area contributed by atoms with Crippen molar-refractivity contribution >= 4 is 38.4 Å². The molecule has 0 aliphatic heterocycles. The number of carbonyl (C=O) groups is 1. The van der Waals surface area contributed by atoms with E-state index in [0.717, 1.165) is 32.2 Å². The highest BCUT2D eigenvalue weighted by Crippen LogP contribution is 2.31. The smallest absolute Gasteiger partial charge is 0.278 e. The van der Waals surface area contributed by atoms with E-state index in [0.29, 0.717) is 17.1 Å². The molecule has 0 bridgehead atoms. The van der Waals surface area contributed by atoms with Crippen LogP contribution in [0.15, 0.2) is 75.7 Å². The molecular formula is C24H18BrN5O2. The van der Waals surface area contributed by atoms with Crippen molar-refractivity contribution in [3.05, 3.63) is 88.2 Å². The van der Waals surface area contributed by atoms with Crippen LogP contribution in [0.4, 0.5) is 5.69 Å². The summed E-state index contributed by atoms with van der Waals surface area (Å²) in [5.74, 6) is 0.366. The number of rotatable bonds is 4. The van der Waals surface area contributed by atoms with Crippen LogP contribution in [0.3, 0.4) is 0 Å². The summed E-state index contributed by atoms with van der Waals surface area (Å²) in [4.78, 5) is 12.8. The van der Waals surface area contributed by atoms with Gasteiger partial charge in [0.05, 0.1) is 16.8 Å². The quantitative estimate of drug-likeness (QED) is 0.351. The third-order valence-corrected chi connectivity index (χ3v) is 5.73. The fourth-order valence-corrected chi connectivity index (χ4v) is 3.83. The molecule has 0 saturated carbocycles. The van der Waals surface area contributed by atoms with E-state index in [4.69, 9.17) is 4.52 Å². The summed E-state index contributed by atoms with van der Waals surface area (Å²) in [5, 5.41) is 16.2. The first-order valence-electron chi connectivity index (χ1n) is 9.96. The number of hydrogen-bond acceptors (Lipinski definition) is 5. The Labute approximate surface area is 192 Å². The summed E-state index contributed by atoms with van der Waals surface area (Å²) < 4.78 is 8.24. The lowest BCUT2D eigenvalue weighted by Gasteiger charge is -2.06. The Morgan fingerprint density at radius 1 is 1.03 bits per heavy atom. The van der Waals surface area contributed by atoms with Gasteiger partial charge in [0.15, 0.2) is 11.5 Å². The predicted octanol–water partition coefficient (Wildman–Crippen LogP) is 5.71. The van der Waals surface area contributed by atoms with E-state index in [1.165, 1.54) is 0 Å². The van der Waals surface area contributed by atoms with Crippen LogP contribution < -0.4 is 5.32 Å². The fraction of sp³-hybridized carbons (Fsp3) is 0.0833. The van der Waals surface area contributed by atoms with Crippen molar-refractivity contribution in [1.82, 2.24) is 20.2 Å². The van der Waals surface area contributed by atoms with Gasteiger partial charge in [0, 0.05) is 15.7 Å². The molecule has 8 heteroatoms. The summed E-state index contributed by atoms with van der Waals surface area (Å²) >= 11 is 3.45. The van der Waals surface area contributed by atoms with Crippen LogP contribution in [0.2, 0.25) is 0 Å². The van der Waals surface area contributed by atoms with Gasteiger partial charge >= 0.3 is 0 Å². The highest BCUT2D eigenvalue weighted by atomic mass is 79.9. The van der Waals surface area contributed by atoms with E-state index in [1.807, 2.05) is 80.6 Å². The van der Waals surface area contributed by atoms with Crippen LogP contribution >= 0.6 is 15.9 Å². The molecule has 0 spiro atoms. The third kappa shape index (κ3) is 3.69. The van der Waals surface area contributed by atoms with Crippen molar-refractivity contribution in [2.45, 2.75) is 13.8 Å². The second-order valence-electron chi connectivity index (χ2n) is 7.48. The van der Waals surface area contributed by atoms with Crippen LogP contribution in [0, 0.1) is 13.8 Å². The Bertz CT molecular complexity index is 1450. The third-order valence-electron chi connectivity index (χ3n) is 5.20. The maximum absolute atomic E-state index is 12.8. The van der Waals surface area contributed by atoms with Crippen molar-refractivity contribution in [1.29, 1.82) is 0 Å². The van der Waals surface area contributed by atoms with Gasteiger partial charge in [-0.15, -0.1) is 5.10 Å². The molecule has 0 saturated heterocycles.